The Morgan fingerprint density at radius 3 is 2.93 bits per heavy atom. The molecule has 0 radical (unpaired) electrons. The van der Waals surface area contributed by atoms with Crippen LogP contribution in [0.1, 0.15) is 47.5 Å². The third-order valence-corrected chi connectivity index (χ3v) is 5.81. The highest BCUT2D eigenvalue weighted by atomic mass is 16.5. The van der Waals surface area contributed by atoms with Gasteiger partial charge in [0.2, 0.25) is 5.91 Å². The molecule has 28 heavy (non-hydrogen) atoms. The first-order valence-corrected chi connectivity index (χ1v) is 9.81. The van der Waals surface area contributed by atoms with Crippen LogP contribution in [0.2, 0.25) is 0 Å². The van der Waals surface area contributed by atoms with Crippen molar-refractivity contribution >= 4 is 11.8 Å². The SMILES string of the molecule is COc1cccc([C@@H]2CN(C(=O)c3cccnc3)[C@@H]3CCCCC(=O)N[C@H]32)c1. The molecule has 2 aromatic rings. The highest BCUT2D eigenvalue weighted by molar-refractivity contribution is 5.94. The lowest BCUT2D eigenvalue weighted by Gasteiger charge is -2.31. The minimum absolute atomic E-state index is 0.0202. The summed E-state index contributed by atoms with van der Waals surface area (Å²) in [4.78, 5) is 31.6. The van der Waals surface area contributed by atoms with Crippen LogP contribution in [0, 0.1) is 0 Å². The average Bonchev–Trinajstić information content (AvgIpc) is 3.07. The molecule has 3 heterocycles. The van der Waals surface area contributed by atoms with Gasteiger partial charge in [0.1, 0.15) is 5.75 Å². The average molecular weight is 379 g/mol. The number of hydrogen-bond donors (Lipinski definition) is 1. The number of methoxy groups -OCH3 is 1. The van der Waals surface area contributed by atoms with Crippen LogP contribution in [0.4, 0.5) is 0 Å². The molecule has 2 aliphatic heterocycles. The molecule has 6 heteroatoms. The number of amides is 2. The molecule has 2 aliphatic rings. The van der Waals surface area contributed by atoms with Crippen molar-refractivity contribution in [2.75, 3.05) is 13.7 Å². The van der Waals surface area contributed by atoms with Crippen molar-refractivity contribution in [2.45, 2.75) is 43.7 Å². The molecule has 0 unspecified atom stereocenters. The maximum absolute atomic E-state index is 13.2. The number of hydrogen-bond acceptors (Lipinski definition) is 4. The third kappa shape index (κ3) is 3.59. The van der Waals surface area contributed by atoms with Gasteiger partial charge in [-0.25, -0.2) is 0 Å². The zero-order valence-corrected chi connectivity index (χ0v) is 16.0. The molecule has 0 saturated carbocycles. The molecule has 1 aromatic heterocycles. The predicted octanol–water partition coefficient (Wildman–Crippen LogP) is 2.76. The van der Waals surface area contributed by atoms with Crippen molar-refractivity contribution in [3.05, 3.63) is 59.9 Å². The van der Waals surface area contributed by atoms with Crippen molar-refractivity contribution < 1.29 is 14.3 Å². The zero-order chi connectivity index (χ0) is 19.5. The fourth-order valence-electron chi connectivity index (χ4n) is 4.43. The van der Waals surface area contributed by atoms with E-state index >= 15 is 0 Å². The monoisotopic (exact) mass is 379 g/mol. The normalized spacial score (nSPS) is 24.7. The number of fused-ring (bicyclic) bond motifs is 1. The van der Waals surface area contributed by atoms with Crippen LogP contribution in [-0.4, -0.2) is 47.4 Å². The Morgan fingerprint density at radius 1 is 1.25 bits per heavy atom. The molecule has 2 saturated heterocycles. The second kappa shape index (κ2) is 8.00. The summed E-state index contributed by atoms with van der Waals surface area (Å²) in [6.45, 7) is 0.566. The lowest BCUT2D eigenvalue weighted by Crippen LogP contribution is -2.48. The van der Waals surface area contributed by atoms with Gasteiger partial charge in [-0.2, -0.15) is 0 Å². The molecule has 0 spiro atoms. The quantitative estimate of drug-likeness (QED) is 0.890. The molecular weight excluding hydrogens is 354 g/mol. The van der Waals surface area contributed by atoms with E-state index in [2.05, 4.69) is 10.3 Å². The Balaban J connectivity index is 1.69. The van der Waals surface area contributed by atoms with Crippen LogP contribution in [0.15, 0.2) is 48.8 Å². The molecular formula is C22H25N3O3. The smallest absolute Gasteiger partial charge is 0.255 e. The fourth-order valence-corrected chi connectivity index (χ4v) is 4.43. The van der Waals surface area contributed by atoms with E-state index in [0.717, 1.165) is 30.6 Å². The van der Waals surface area contributed by atoms with Crippen LogP contribution in [-0.2, 0) is 4.79 Å². The van der Waals surface area contributed by atoms with Gasteiger partial charge in [0, 0.05) is 31.3 Å². The summed E-state index contributed by atoms with van der Waals surface area (Å²) in [6, 6.07) is 11.4. The number of benzene rings is 1. The van der Waals surface area contributed by atoms with Crippen molar-refractivity contribution in [3.63, 3.8) is 0 Å². The highest BCUT2D eigenvalue weighted by Gasteiger charge is 2.45. The van der Waals surface area contributed by atoms with Crippen LogP contribution < -0.4 is 10.1 Å². The van der Waals surface area contributed by atoms with Gasteiger partial charge in [-0.15, -0.1) is 0 Å². The highest BCUT2D eigenvalue weighted by Crippen LogP contribution is 2.37. The van der Waals surface area contributed by atoms with Gasteiger partial charge >= 0.3 is 0 Å². The first-order valence-electron chi connectivity index (χ1n) is 9.81. The third-order valence-electron chi connectivity index (χ3n) is 5.81. The van der Waals surface area contributed by atoms with E-state index in [4.69, 9.17) is 4.74 Å². The number of likely N-dealkylation sites (tertiary alicyclic amines) is 1. The van der Waals surface area contributed by atoms with Crippen molar-refractivity contribution in [3.8, 4) is 5.75 Å². The molecule has 0 bridgehead atoms. The molecule has 2 amide bonds. The van der Waals surface area contributed by atoms with E-state index in [1.165, 1.54) is 0 Å². The van der Waals surface area contributed by atoms with E-state index in [1.54, 1.807) is 31.6 Å². The maximum Gasteiger partial charge on any atom is 0.255 e. The van der Waals surface area contributed by atoms with Gasteiger partial charge in [0.05, 0.1) is 24.8 Å². The molecule has 2 fully saturated rings. The van der Waals surface area contributed by atoms with Gasteiger partial charge in [-0.3, -0.25) is 14.6 Å². The van der Waals surface area contributed by atoms with Gasteiger partial charge < -0.3 is 15.0 Å². The number of carbonyl (C=O) groups is 2. The largest absolute Gasteiger partial charge is 0.497 e. The first-order chi connectivity index (χ1) is 13.7. The van der Waals surface area contributed by atoms with Gasteiger partial charge in [0.15, 0.2) is 0 Å². The molecule has 1 N–H and O–H groups in total. The number of nitrogens with one attached hydrogen (secondary N) is 1. The van der Waals surface area contributed by atoms with Crippen molar-refractivity contribution in [1.29, 1.82) is 0 Å². The Labute approximate surface area is 164 Å². The summed E-state index contributed by atoms with van der Waals surface area (Å²) in [6.07, 6.45) is 6.50. The first kappa shape index (κ1) is 18.5. The Bertz CT molecular complexity index is 855. The summed E-state index contributed by atoms with van der Waals surface area (Å²) >= 11 is 0. The number of aromatic nitrogens is 1. The number of pyridine rings is 1. The van der Waals surface area contributed by atoms with E-state index in [1.807, 2.05) is 29.2 Å². The number of rotatable bonds is 3. The number of nitrogens with zero attached hydrogens (tertiary/aromatic N) is 2. The van der Waals surface area contributed by atoms with E-state index in [-0.39, 0.29) is 29.8 Å². The fraction of sp³-hybridized carbons (Fsp3) is 0.409. The zero-order valence-electron chi connectivity index (χ0n) is 16.0. The summed E-state index contributed by atoms with van der Waals surface area (Å²) in [7, 11) is 1.65. The summed E-state index contributed by atoms with van der Waals surface area (Å²) < 4.78 is 5.38. The van der Waals surface area contributed by atoms with E-state index in [0.29, 0.717) is 18.5 Å². The minimum atomic E-state index is -0.0967. The summed E-state index contributed by atoms with van der Waals surface area (Å²) in [5, 5.41) is 3.21. The van der Waals surface area contributed by atoms with Gasteiger partial charge in [0.25, 0.3) is 5.91 Å². The van der Waals surface area contributed by atoms with Crippen LogP contribution in [0.5, 0.6) is 5.75 Å². The minimum Gasteiger partial charge on any atom is -0.497 e. The van der Waals surface area contributed by atoms with E-state index < -0.39 is 0 Å². The van der Waals surface area contributed by atoms with Crippen molar-refractivity contribution in [2.24, 2.45) is 0 Å². The predicted molar refractivity (Wildman–Crippen MR) is 105 cm³/mol. The topological polar surface area (TPSA) is 71.5 Å². The Kier molecular flexibility index (Phi) is 5.28. The van der Waals surface area contributed by atoms with Crippen LogP contribution in [0.25, 0.3) is 0 Å². The Hall–Kier alpha value is -2.89. The van der Waals surface area contributed by atoms with Gasteiger partial charge in [-0.1, -0.05) is 18.6 Å². The molecule has 4 rings (SSSR count). The number of carbonyl (C=O) groups excluding carboxylic acids is 2. The Morgan fingerprint density at radius 2 is 2.14 bits per heavy atom. The van der Waals surface area contributed by atoms with Gasteiger partial charge in [-0.05, 0) is 42.7 Å². The second-order valence-corrected chi connectivity index (χ2v) is 7.49. The molecule has 3 atom stereocenters. The maximum atomic E-state index is 13.2. The summed E-state index contributed by atoms with van der Waals surface area (Å²) in [5.41, 5.74) is 1.66. The molecule has 0 aliphatic carbocycles. The summed E-state index contributed by atoms with van der Waals surface area (Å²) in [5.74, 6) is 0.854. The van der Waals surface area contributed by atoms with Crippen molar-refractivity contribution in [1.82, 2.24) is 15.2 Å². The van der Waals surface area contributed by atoms with Crippen LogP contribution >= 0.6 is 0 Å². The lowest BCUT2D eigenvalue weighted by atomic mass is 9.88. The second-order valence-electron chi connectivity index (χ2n) is 7.49. The molecule has 146 valence electrons. The molecule has 1 aromatic carbocycles. The number of ether oxygens (including phenoxy) is 1. The molecule has 6 nitrogen and oxygen atoms in total. The standard InChI is InChI=1S/C22H25N3O3/c1-28-17-8-4-6-15(12-17)18-14-25(22(27)16-7-5-11-23-13-16)19-9-2-3-10-20(26)24-21(18)19/h4-8,11-13,18-19,21H,2-3,9-10,14H2,1H3,(H,24,26)/t18-,19+,21-/m0/s1. The lowest BCUT2D eigenvalue weighted by molar-refractivity contribution is -0.122. The van der Waals surface area contributed by atoms with Crippen LogP contribution in [0.3, 0.4) is 0 Å². The van der Waals surface area contributed by atoms with E-state index in [9.17, 15) is 9.59 Å².